The lowest BCUT2D eigenvalue weighted by Gasteiger charge is -2.04. The first-order chi connectivity index (χ1) is 13.0. The number of halogens is 2. The topological polar surface area (TPSA) is 101 Å². The van der Waals surface area contributed by atoms with E-state index >= 15 is 0 Å². The summed E-state index contributed by atoms with van der Waals surface area (Å²) in [6, 6.07) is 10.2. The van der Waals surface area contributed by atoms with Crippen molar-refractivity contribution < 1.29 is 19.1 Å². The van der Waals surface area contributed by atoms with Crippen LogP contribution in [0.5, 0.6) is 5.75 Å². The van der Waals surface area contributed by atoms with Crippen LogP contribution in [-0.4, -0.2) is 29.2 Å². The summed E-state index contributed by atoms with van der Waals surface area (Å²) in [4.78, 5) is 14.7. The summed E-state index contributed by atoms with van der Waals surface area (Å²) < 4.78 is 11.5. The molecule has 2 aromatic heterocycles. The van der Waals surface area contributed by atoms with Crippen LogP contribution < -0.4 is 10.5 Å². The first-order valence-electron chi connectivity index (χ1n) is 8.09. The highest BCUT2D eigenvalue weighted by molar-refractivity contribution is 6.35. The molecule has 0 saturated heterocycles. The van der Waals surface area contributed by atoms with Gasteiger partial charge in [-0.2, -0.15) is 0 Å². The maximum atomic E-state index is 11.8. The number of nitrogens with two attached hydrogens (primary N) is 1. The van der Waals surface area contributed by atoms with E-state index in [9.17, 15) is 9.90 Å². The molecule has 0 amide bonds. The zero-order chi connectivity index (χ0) is 19.1. The molecule has 0 atom stereocenters. The molecular weight excluding hydrogens is 391 g/mol. The Labute approximate surface area is 163 Å². The minimum absolute atomic E-state index is 0.00253. The summed E-state index contributed by atoms with van der Waals surface area (Å²) in [5.74, 6) is -0.495. The van der Waals surface area contributed by atoms with Crippen molar-refractivity contribution in [3.05, 3.63) is 52.1 Å². The minimum atomic E-state index is -1.11. The van der Waals surface area contributed by atoms with Gasteiger partial charge in [0.2, 0.25) is 0 Å². The van der Waals surface area contributed by atoms with Crippen LogP contribution in [0.4, 0.5) is 0 Å². The Morgan fingerprint density at radius 3 is 2.59 bits per heavy atom. The van der Waals surface area contributed by atoms with Crippen LogP contribution in [0.25, 0.3) is 33.2 Å². The fraction of sp³-hybridized carbons (Fsp3) is 0.105. The molecule has 2 heterocycles. The largest absolute Gasteiger partial charge is 0.492 e. The van der Waals surface area contributed by atoms with Crippen LogP contribution >= 0.6 is 23.2 Å². The molecule has 0 aliphatic heterocycles. The number of carbonyl (C=O) groups is 1. The van der Waals surface area contributed by atoms with Crippen LogP contribution in [0.3, 0.4) is 0 Å². The standard InChI is InChI=1S/C19H14Cl2N2O4/c20-10-5-9(6-11(21)7-10)15-17(19(24)25)23-16-13-8-12(26-4-3-22)1-2-14(13)27-18(15)16/h1-2,5-8,23H,3-4,22H2,(H,24,25). The third-order valence-electron chi connectivity index (χ3n) is 4.14. The van der Waals surface area contributed by atoms with Crippen molar-refractivity contribution in [3.63, 3.8) is 0 Å². The van der Waals surface area contributed by atoms with Crippen LogP contribution in [0, 0.1) is 0 Å². The van der Waals surface area contributed by atoms with E-state index < -0.39 is 5.97 Å². The molecule has 0 aliphatic rings. The number of benzene rings is 2. The summed E-state index contributed by atoms with van der Waals surface area (Å²) >= 11 is 12.2. The molecule has 0 spiro atoms. The molecule has 4 N–H and O–H groups in total. The van der Waals surface area contributed by atoms with Gasteiger partial charge in [-0.05, 0) is 42.0 Å². The molecule has 0 unspecified atom stereocenters. The van der Waals surface area contributed by atoms with E-state index in [0.29, 0.717) is 62.1 Å². The predicted molar refractivity (Wildman–Crippen MR) is 105 cm³/mol. The zero-order valence-electron chi connectivity index (χ0n) is 13.9. The summed E-state index contributed by atoms with van der Waals surface area (Å²) in [6.45, 7) is 0.772. The lowest BCUT2D eigenvalue weighted by Crippen LogP contribution is -2.10. The maximum absolute atomic E-state index is 11.8. The highest BCUT2D eigenvalue weighted by atomic mass is 35.5. The minimum Gasteiger partial charge on any atom is -0.492 e. The molecule has 0 saturated carbocycles. The molecule has 0 aliphatic carbocycles. The average molecular weight is 405 g/mol. The summed E-state index contributed by atoms with van der Waals surface area (Å²) in [5, 5.41) is 11.2. The lowest BCUT2D eigenvalue weighted by atomic mass is 10.1. The molecule has 0 bridgehead atoms. The molecule has 0 radical (unpaired) electrons. The molecule has 6 nitrogen and oxygen atoms in total. The fourth-order valence-electron chi connectivity index (χ4n) is 3.08. The third-order valence-corrected chi connectivity index (χ3v) is 4.57. The third kappa shape index (κ3) is 3.12. The van der Waals surface area contributed by atoms with E-state index in [1.165, 1.54) is 0 Å². The van der Waals surface area contributed by atoms with Gasteiger partial charge in [0.05, 0.1) is 11.1 Å². The Morgan fingerprint density at radius 2 is 1.93 bits per heavy atom. The quantitative estimate of drug-likeness (QED) is 0.437. The number of rotatable bonds is 5. The predicted octanol–water partition coefficient (Wildman–Crippen LogP) is 4.92. The number of aromatic nitrogens is 1. The van der Waals surface area contributed by atoms with Gasteiger partial charge in [-0.15, -0.1) is 0 Å². The van der Waals surface area contributed by atoms with Crippen molar-refractivity contribution >= 4 is 51.2 Å². The van der Waals surface area contributed by atoms with E-state index in [4.69, 9.17) is 38.1 Å². The average Bonchev–Trinajstić information content (AvgIpc) is 3.15. The number of H-pyrrole nitrogens is 1. The number of hydrogen-bond acceptors (Lipinski definition) is 4. The van der Waals surface area contributed by atoms with E-state index in [0.717, 1.165) is 0 Å². The normalized spacial score (nSPS) is 11.4. The van der Waals surface area contributed by atoms with Crippen LogP contribution in [0.2, 0.25) is 10.0 Å². The summed E-state index contributed by atoms with van der Waals surface area (Å²) in [6.07, 6.45) is 0. The Bertz CT molecular complexity index is 1160. The molecule has 8 heteroatoms. The zero-order valence-corrected chi connectivity index (χ0v) is 15.4. The van der Waals surface area contributed by atoms with Gasteiger partial charge in [0.1, 0.15) is 23.6 Å². The second-order valence-corrected chi connectivity index (χ2v) is 6.81. The van der Waals surface area contributed by atoms with E-state index in [1.54, 1.807) is 36.4 Å². The Hall–Kier alpha value is -2.67. The SMILES string of the molecule is NCCOc1ccc2oc3c(-c4cc(Cl)cc(Cl)c4)c(C(=O)O)[nH]c3c2c1. The van der Waals surface area contributed by atoms with Crippen LogP contribution in [-0.2, 0) is 0 Å². The number of aromatic amines is 1. The number of carboxylic acid groups (broad SMARTS) is 1. The first kappa shape index (κ1) is 17.7. The number of carboxylic acids is 1. The monoisotopic (exact) mass is 404 g/mol. The molecule has 4 rings (SSSR count). The van der Waals surface area contributed by atoms with Crippen LogP contribution in [0.15, 0.2) is 40.8 Å². The van der Waals surface area contributed by atoms with E-state index in [-0.39, 0.29) is 5.69 Å². The molecule has 0 fully saturated rings. The molecular formula is C19H14Cl2N2O4. The number of furan rings is 1. The van der Waals surface area contributed by atoms with Crippen molar-refractivity contribution in [2.75, 3.05) is 13.2 Å². The van der Waals surface area contributed by atoms with Gasteiger partial charge in [0.25, 0.3) is 0 Å². The van der Waals surface area contributed by atoms with Gasteiger partial charge in [-0.1, -0.05) is 23.2 Å². The number of fused-ring (bicyclic) bond motifs is 3. The van der Waals surface area contributed by atoms with Crippen molar-refractivity contribution in [1.29, 1.82) is 0 Å². The van der Waals surface area contributed by atoms with Gasteiger partial charge in [0.15, 0.2) is 5.58 Å². The van der Waals surface area contributed by atoms with Crippen LogP contribution in [0.1, 0.15) is 10.5 Å². The van der Waals surface area contributed by atoms with Crippen molar-refractivity contribution in [3.8, 4) is 16.9 Å². The second kappa shape index (κ2) is 6.81. The Morgan fingerprint density at radius 1 is 1.19 bits per heavy atom. The smallest absolute Gasteiger partial charge is 0.353 e. The van der Waals surface area contributed by atoms with Gasteiger partial charge in [-0.3, -0.25) is 0 Å². The van der Waals surface area contributed by atoms with E-state index in [1.807, 2.05) is 0 Å². The lowest BCUT2D eigenvalue weighted by molar-refractivity contribution is 0.0692. The fourth-order valence-corrected chi connectivity index (χ4v) is 3.60. The highest BCUT2D eigenvalue weighted by Crippen LogP contribution is 2.40. The Kier molecular flexibility index (Phi) is 4.47. The number of hydrogen-bond donors (Lipinski definition) is 3. The number of nitrogens with one attached hydrogen (secondary N) is 1. The molecule has 27 heavy (non-hydrogen) atoms. The number of ether oxygens (including phenoxy) is 1. The molecule has 2 aromatic carbocycles. The summed E-state index contributed by atoms with van der Waals surface area (Å²) in [7, 11) is 0. The highest BCUT2D eigenvalue weighted by Gasteiger charge is 2.24. The van der Waals surface area contributed by atoms with Crippen molar-refractivity contribution in [2.24, 2.45) is 5.73 Å². The second-order valence-electron chi connectivity index (χ2n) is 5.94. The van der Waals surface area contributed by atoms with Gasteiger partial charge in [0, 0.05) is 22.0 Å². The maximum Gasteiger partial charge on any atom is 0.353 e. The number of aromatic carboxylic acids is 1. The van der Waals surface area contributed by atoms with E-state index in [2.05, 4.69) is 4.98 Å². The molecule has 4 aromatic rings. The Balaban J connectivity index is 1.99. The first-order valence-corrected chi connectivity index (χ1v) is 8.84. The van der Waals surface area contributed by atoms with Crippen molar-refractivity contribution in [2.45, 2.75) is 0 Å². The van der Waals surface area contributed by atoms with Crippen molar-refractivity contribution in [1.82, 2.24) is 4.98 Å². The summed E-state index contributed by atoms with van der Waals surface area (Å²) in [5.41, 5.74) is 7.98. The van der Waals surface area contributed by atoms with Gasteiger partial charge >= 0.3 is 5.97 Å². The molecule has 138 valence electrons. The van der Waals surface area contributed by atoms with Gasteiger partial charge < -0.3 is 25.0 Å². The van der Waals surface area contributed by atoms with Gasteiger partial charge in [-0.25, -0.2) is 4.79 Å².